The molecule has 0 aliphatic carbocycles. The second kappa shape index (κ2) is 11.8. The highest BCUT2D eigenvalue weighted by atomic mass is 35.5. The zero-order chi connectivity index (χ0) is 29.9. The SMILES string of the molecule is COC(C(=O)N1CCN(c2ncc(-c3ccc(C(=O)N(C)C)c(Cl)c3)cc2C#N)CC1)(c1ccccc1)C(F)(F)F. The molecule has 2 amide bonds. The van der Waals surface area contributed by atoms with Crippen molar-refractivity contribution in [1.29, 1.82) is 5.26 Å². The summed E-state index contributed by atoms with van der Waals surface area (Å²) in [6.45, 7) is 0.259. The summed E-state index contributed by atoms with van der Waals surface area (Å²) < 4.78 is 48.0. The highest BCUT2D eigenvalue weighted by Gasteiger charge is 2.63. The molecule has 214 valence electrons. The van der Waals surface area contributed by atoms with Gasteiger partial charge in [0, 0.05) is 64.7 Å². The molecule has 0 N–H and O–H groups in total. The Morgan fingerprint density at radius 1 is 1.02 bits per heavy atom. The zero-order valence-electron chi connectivity index (χ0n) is 22.6. The molecule has 0 saturated carbocycles. The lowest BCUT2D eigenvalue weighted by Gasteiger charge is -2.41. The van der Waals surface area contributed by atoms with Gasteiger partial charge in [-0.3, -0.25) is 9.59 Å². The lowest BCUT2D eigenvalue weighted by Crippen LogP contribution is -2.60. The smallest absolute Gasteiger partial charge is 0.356 e. The van der Waals surface area contributed by atoms with Gasteiger partial charge in [-0.25, -0.2) is 4.98 Å². The molecule has 2 aromatic carbocycles. The number of amides is 2. The topological polar surface area (TPSA) is 89.8 Å². The van der Waals surface area contributed by atoms with Crippen LogP contribution in [0, 0.1) is 11.3 Å². The van der Waals surface area contributed by atoms with Crippen LogP contribution in [0.4, 0.5) is 19.0 Å². The number of hydrogen-bond donors (Lipinski definition) is 0. The van der Waals surface area contributed by atoms with Crippen molar-refractivity contribution in [2.45, 2.75) is 11.8 Å². The predicted molar refractivity (Wildman–Crippen MR) is 147 cm³/mol. The number of rotatable bonds is 6. The summed E-state index contributed by atoms with van der Waals surface area (Å²) in [5.74, 6) is -1.09. The number of nitrogens with zero attached hydrogens (tertiary/aromatic N) is 5. The average molecular weight is 586 g/mol. The third-order valence-corrected chi connectivity index (χ3v) is 7.29. The van der Waals surface area contributed by atoms with Crippen molar-refractivity contribution >= 4 is 29.2 Å². The number of hydrogen-bond acceptors (Lipinski definition) is 6. The highest BCUT2D eigenvalue weighted by Crippen LogP contribution is 2.43. The van der Waals surface area contributed by atoms with Crippen LogP contribution in [-0.4, -0.2) is 80.2 Å². The molecule has 1 aromatic heterocycles. The van der Waals surface area contributed by atoms with Crippen molar-refractivity contribution in [3.05, 3.63) is 82.5 Å². The van der Waals surface area contributed by atoms with Crippen molar-refractivity contribution in [2.24, 2.45) is 0 Å². The van der Waals surface area contributed by atoms with E-state index in [1.54, 1.807) is 55.5 Å². The van der Waals surface area contributed by atoms with Gasteiger partial charge in [0.1, 0.15) is 11.9 Å². The maximum atomic E-state index is 14.4. The molecule has 0 radical (unpaired) electrons. The first-order valence-electron chi connectivity index (χ1n) is 12.6. The Bertz CT molecular complexity index is 1490. The molecule has 1 aliphatic rings. The number of methoxy groups -OCH3 is 1. The minimum absolute atomic E-state index is 0.0296. The predicted octanol–water partition coefficient (Wildman–Crippen LogP) is 4.73. The van der Waals surface area contributed by atoms with Gasteiger partial charge in [0.2, 0.25) is 0 Å². The summed E-state index contributed by atoms with van der Waals surface area (Å²) in [5, 5.41) is 10.1. The van der Waals surface area contributed by atoms with E-state index in [1.165, 1.54) is 29.2 Å². The lowest BCUT2D eigenvalue weighted by molar-refractivity contribution is -0.270. The minimum Gasteiger partial charge on any atom is -0.356 e. The molecule has 4 rings (SSSR count). The van der Waals surface area contributed by atoms with E-state index in [0.29, 0.717) is 22.5 Å². The van der Waals surface area contributed by atoms with E-state index in [9.17, 15) is 28.0 Å². The van der Waals surface area contributed by atoms with Crippen LogP contribution in [0.15, 0.2) is 60.8 Å². The molecule has 8 nitrogen and oxygen atoms in total. The van der Waals surface area contributed by atoms with E-state index in [2.05, 4.69) is 11.1 Å². The normalized spacial score (nSPS) is 15.2. The van der Waals surface area contributed by atoms with Crippen molar-refractivity contribution in [3.8, 4) is 17.2 Å². The van der Waals surface area contributed by atoms with Crippen LogP contribution in [0.2, 0.25) is 5.02 Å². The molecule has 1 atom stereocenters. The maximum Gasteiger partial charge on any atom is 0.430 e. The van der Waals surface area contributed by atoms with Crippen LogP contribution in [0.3, 0.4) is 0 Å². The molecule has 1 unspecified atom stereocenters. The Balaban J connectivity index is 1.54. The Labute approximate surface area is 240 Å². The molecular formula is C29H27ClF3N5O3. The van der Waals surface area contributed by atoms with Gasteiger partial charge in [-0.2, -0.15) is 18.4 Å². The van der Waals surface area contributed by atoms with Gasteiger partial charge >= 0.3 is 6.18 Å². The van der Waals surface area contributed by atoms with Gasteiger partial charge in [0.05, 0.1) is 16.1 Å². The number of anilines is 1. The summed E-state index contributed by atoms with van der Waals surface area (Å²) in [4.78, 5) is 34.4. The number of alkyl halides is 3. The van der Waals surface area contributed by atoms with E-state index in [-0.39, 0.29) is 48.2 Å². The third-order valence-electron chi connectivity index (χ3n) is 6.98. The van der Waals surface area contributed by atoms with Gasteiger partial charge in [0.25, 0.3) is 17.4 Å². The first-order chi connectivity index (χ1) is 19.4. The van der Waals surface area contributed by atoms with Gasteiger partial charge in [0.15, 0.2) is 0 Å². The number of piperazine rings is 1. The molecular weight excluding hydrogens is 559 g/mol. The number of ether oxygens (including phenoxy) is 1. The van der Waals surface area contributed by atoms with Crippen LogP contribution >= 0.6 is 11.6 Å². The molecule has 1 saturated heterocycles. The fraction of sp³-hybridized carbons (Fsp3) is 0.310. The number of halogens is 4. The Morgan fingerprint density at radius 2 is 1.68 bits per heavy atom. The standard InChI is InChI=1S/C29H27ClF3N5O3/c1-36(2)26(39)23-10-9-19(16-24(23)30)21-15-20(17-34)25(35-18-21)37-11-13-38(14-12-37)27(40)28(41-3,29(31,32)33)22-7-5-4-6-8-22/h4-10,15-16,18H,11-14H2,1-3H3. The molecule has 0 spiro atoms. The van der Waals surface area contributed by atoms with E-state index < -0.39 is 17.7 Å². The number of nitriles is 1. The Hall–Kier alpha value is -4.14. The molecule has 12 heteroatoms. The number of pyridine rings is 1. The summed E-state index contributed by atoms with van der Waals surface area (Å²) in [6, 6.07) is 15.5. The molecule has 41 heavy (non-hydrogen) atoms. The van der Waals surface area contributed by atoms with Gasteiger partial charge in [-0.1, -0.05) is 48.0 Å². The number of carbonyl (C=O) groups excluding carboxylic acids is 2. The summed E-state index contributed by atoms with van der Waals surface area (Å²) in [7, 11) is 4.12. The largest absolute Gasteiger partial charge is 0.430 e. The highest BCUT2D eigenvalue weighted by molar-refractivity contribution is 6.34. The quantitative estimate of drug-likeness (QED) is 0.416. The molecule has 3 aromatic rings. The number of aromatic nitrogens is 1. The lowest BCUT2D eigenvalue weighted by atomic mass is 9.90. The second-order valence-electron chi connectivity index (χ2n) is 9.63. The Kier molecular flexibility index (Phi) is 8.56. The minimum atomic E-state index is -5.00. The first kappa shape index (κ1) is 29.8. The van der Waals surface area contributed by atoms with Crippen LogP contribution in [0.25, 0.3) is 11.1 Å². The molecule has 1 aliphatic heterocycles. The number of benzene rings is 2. The molecule has 0 bridgehead atoms. The van der Waals surface area contributed by atoms with E-state index >= 15 is 0 Å². The van der Waals surface area contributed by atoms with E-state index in [1.807, 2.05) is 0 Å². The van der Waals surface area contributed by atoms with Gasteiger partial charge < -0.3 is 19.4 Å². The summed E-state index contributed by atoms with van der Waals surface area (Å²) in [6.07, 6.45) is -3.44. The van der Waals surface area contributed by atoms with Crippen LogP contribution in [0.5, 0.6) is 0 Å². The van der Waals surface area contributed by atoms with E-state index in [4.69, 9.17) is 16.3 Å². The van der Waals surface area contributed by atoms with Gasteiger partial charge in [-0.05, 0) is 23.8 Å². The third kappa shape index (κ3) is 5.58. The second-order valence-corrected chi connectivity index (χ2v) is 10.0. The fourth-order valence-electron chi connectivity index (χ4n) is 4.80. The molecule has 1 fully saturated rings. The summed E-state index contributed by atoms with van der Waals surface area (Å²) >= 11 is 6.34. The van der Waals surface area contributed by atoms with E-state index in [0.717, 1.165) is 12.0 Å². The average Bonchev–Trinajstić information content (AvgIpc) is 2.97. The van der Waals surface area contributed by atoms with Crippen molar-refractivity contribution < 1.29 is 27.5 Å². The fourth-order valence-corrected chi connectivity index (χ4v) is 5.07. The zero-order valence-corrected chi connectivity index (χ0v) is 23.3. The van der Waals surface area contributed by atoms with Crippen LogP contribution < -0.4 is 4.90 Å². The van der Waals surface area contributed by atoms with Crippen molar-refractivity contribution in [1.82, 2.24) is 14.8 Å². The monoisotopic (exact) mass is 585 g/mol. The van der Waals surface area contributed by atoms with Crippen molar-refractivity contribution in [3.63, 3.8) is 0 Å². The van der Waals surface area contributed by atoms with Crippen LogP contribution in [0.1, 0.15) is 21.5 Å². The molecule has 2 heterocycles. The van der Waals surface area contributed by atoms with Crippen molar-refractivity contribution in [2.75, 3.05) is 52.3 Å². The Morgan fingerprint density at radius 3 is 2.22 bits per heavy atom. The summed E-state index contributed by atoms with van der Waals surface area (Å²) in [5.41, 5.74) is -1.60. The maximum absolute atomic E-state index is 14.4. The van der Waals surface area contributed by atoms with Gasteiger partial charge in [-0.15, -0.1) is 0 Å². The first-order valence-corrected chi connectivity index (χ1v) is 13.0. The number of carbonyl (C=O) groups is 2. The van der Waals surface area contributed by atoms with Crippen LogP contribution in [-0.2, 0) is 15.1 Å².